The van der Waals surface area contributed by atoms with Gasteiger partial charge in [-0.15, -0.1) is 0 Å². The number of nitrogens with two attached hydrogens (primary N) is 1. The van der Waals surface area contributed by atoms with Crippen LogP contribution in [0.4, 0.5) is 0 Å². The van der Waals surface area contributed by atoms with E-state index in [0.29, 0.717) is 13.1 Å². The van der Waals surface area contributed by atoms with Gasteiger partial charge in [0.1, 0.15) is 0 Å². The van der Waals surface area contributed by atoms with Gasteiger partial charge < -0.3 is 10.6 Å². The van der Waals surface area contributed by atoms with Crippen molar-refractivity contribution in [2.75, 3.05) is 19.3 Å². The standard InChI is InChI=1S/C12H25N3O3S/c1-12(2,3)10(13)11(16)15-7-5-6-9(8-15)14-19(4,17)18/h9-10,14H,5-8,13H2,1-4H3. The Morgan fingerprint density at radius 2 is 2.00 bits per heavy atom. The Hall–Kier alpha value is -0.660. The van der Waals surface area contributed by atoms with Crippen molar-refractivity contribution < 1.29 is 13.2 Å². The van der Waals surface area contributed by atoms with Crippen LogP contribution in [0.5, 0.6) is 0 Å². The Morgan fingerprint density at radius 1 is 1.42 bits per heavy atom. The minimum atomic E-state index is -3.24. The zero-order chi connectivity index (χ0) is 14.8. The molecule has 1 fully saturated rings. The lowest BCUT2D eigenvalue weighted by Gasteiger charge is -2.37. The maximum Gasteiger partial charge on any atom is 0.240 e. The summed E-state index contributed by atoms with van der Waals surface area (Å²) in [7, 11) is -3.24. The zero-order valence-corrected chi connectivity index (χ0v) is 13.0. The Morgan fingerprint density at radius 3 is 2.47 bits per heavy atom. The molecular formula is C12H25N3O3S. The molecule has 1 saturated heterocycles. The Labute approximate surface area is 115 Å². The first kappa shape index (κ1) is 16.4. The van der Waals surface area contributed by atoms with E-state index < -0.39 is 16.1 Å². The normalized spacial score (nSPS) is 23.2. The number of nitrogens with one attached hydrogen (secondary N) is 1. The van der Waals surface area contributed by atoms with E-state index >= 15 is 0 Å². The van der Waals surface area contributed by atoms with Gasteiger partial charge in [0, 0.05) is 19.1 Å². The molecule has 0 aliphatic carbocycles. The average molecular weight is 291 g/mol. The van der Waals surface area contributed by atoms with E-state index in [9.17, 15) is 13.2 Å². The van der Waals surface area contributed by atoms with Gasteiger partial charge in [-0.1, -0.05) is 20.8 Å². The van der Waals surface area contributed by atoms with Crippen molar-refractivity contribution in [2.45, 2.75) is 45.7 Å². The predicted octanol–water partition coefficient (Wildman–Crippen LogP) is -0.1000. The van der Waals surface area contributed by atoms with E-state index in [1.54, 1.807) is 4.90 Å². The van der Waals surface area contributed by atoms with Crippen molar-refractivity contribution in [3.8, 4) is 0 Å². The van der Waals surface area contributed by atoms with E-state index in [2.05, 4.69) is 4.72 Å². The molecule has 1 rings (SSSR count). The molecule has 112 valence electrons. The number of carbonyl (C=O) groups is 1. The highest BCUT2D eigenvalue weighted by molar-refractivity contribution is 7.88. The van der Waals surface area contributed by atoms with Crippen LogP contribution in [0.2, 0.25) is 0 Å². The highest BCUT2D eigenvalue weighted by Crippen LogP contribution is 2.21. The van der Waals surface area contributed by atoms with Crippen LogP contribution in [-0.2, 0) is 14.8 Å². The number of hydrogen-bond donors (Lipinski definition) is 2. The third-order valence-corrected chi connectivity index (χ3v) is 4.07. The summed E-state index contributed by atoms with van der Waals surface area (Å²) in [6.45, 7) is 6.81. The number of nitrogens with zero attached hydrogens (tertiary/aromatic N) is 1. The number of rotatable bonds is 3. The van der Waals surface area contributed by atoms with Gasteiger partial charge in [-0.3, -0.25) is 4.79 Å². The van der Waals surface area contributed by atoms with Gasteiger partial charge in [0.15, 0.2) is 0 Å². The van der Waals surface area contributed by atoms with Crippen LogP contribution in [0.3, 0.4) is 0 Å². The van der Waals surface area contributed by atoms with Gasteiger partial charge in [-0.05, 0) is 18.3 Å². The molecule has 0 spiro atoms. The Balaban J connectivity index is 2.67. The van der Waals surface area contributed by atoms with Gasteiger partial charge in [0.05, 0.1) is 12.3 Å². The second-order valence-electron chi connectivity index (χ2n) is 6.36. The van der Waals surface area contributed by atoms with Crippen LogP contribution >= 0.6 is 0 Å². The van der Waals surface area contributed by atoms with Gasteiger partial charge >= 0.3 is 0 Å². The first-order valence-electron chi connectivity index (χ1n) is 6.52. The predicted molar refractivity (Wildman–Crippen MR) is 75.0 cm³/mol. The summed E-state index contributed by atoms with van der Waals surface area (Å²) in [6, 6.07) is -0.774. The second kappa shape index (κ2) is 5.76. The molecule has 3 N–H and O–H groups in total. The summed E-state index contributed by atoms with van der Waals surface area (Å²) in [4.78, 5) is 13.9. The van der Waals surface area contributed by atoms with E-state index in [1.165, 1.54) is 0 Å². The fourth-order valence-corrected chi connectivity index (χ4v) is 2.94. The molecule has 0 bridgehead atoms. The van der Waals surface area contributed by atoms with Gasteiger partial charge in [-0.2, -0.15) is 0 Å². The van der Waals surface area contributed by atoms with Gasteiger partial charge in [-0.25, -0.2) is 13.1 Å². The molecule has 1 aliphatic rings. The molecule has 1 amide bonds. The molecule has 0 aromatic heterocycles. The number of hydrogen-bond acceptors (Lipinski definition) is 4. The van der Waals surface area contributed by atoms with Gasteiger partial charge in [0.25, 0.3) is 0 Å². The highest BCUT2D eigenvalue weighted by atomic mass is 32.2. The number of likely N-dealkylation sites (tertiary alicyclic amines) is 1. The lowest BCUT2D eigenvalue weighted by molar-refractivity contribution is -0.136. The van der Waals surface area contributed by atoms with E-state index in [1.807, 2.05) is 20.8 Å². The number of sulfonamides is 1. The Bertz CT molecular complexity index is 428. The summed E-state index contributed by atoms with van der Waals surface area (Å²) < 4.78 is 25.0. The van der Waals surface area contributed by atoms with Crippen LogP contribution in [0, 0.1) is 5.41 Å². The lowest BCUT2D eigenvalue weighted by atomic mass is 9.86. The maximum absolute atomic E-state index is 12.3. The average Bonchev–Trinajstić information content (AvgIpc) is 2.23. The molecule has 19 heavy (non-hydrogen) atoms. The van der Waals surface area contributed by atoms with Crippen LogP contribution in [0.25, 0.3) is 0 Å². The molecule has 7 heteroatoms. The second-order valence-corrected chi connectivity index (χ2v) is 8.14. The topological polar surface area (TPSA) is 92.5 Å². The van der Waals surface area contributed by atoms with Crippen LogP contribution in [0.1, 0.15) is 33.6 Å². The molecule has 0 aromatic rings. The molecule has 0 radical (unpaired) electrons. The van der Waals surface area contributed by atoms with E-state index in [-0.39, 0.29) is 17.4 Å². The maximum atomic E-state index is 12.3. The van der Waals surface area contributed by atoms with E-state index in [0.717, 1.165) is 19.1 Å². The molecule has 1 heterocycles. The molecule has 0 aromatic carbocycles. The number of piperidine rings is 1. The minimum Gasteiger partial charge on any atom is -0.340 e. The fourth-order valence-electron chi connectivity index (χ4n) is 2.14. The molecule has 1 aliphatic heterocycles. The zero-order valence-electron chi connectivity index (χ0n) is 12.1. The summed E-state index contributed by atoms with van der Waals surface area (Å²) in [5, 5.41) is 0. The largest absolute Gasteiger partial charge is 0.340 e. The van der Waals surface area contributed by atoms with Crippen molar-refractivity contribution in [3.63, 3.8) is 0 Å². The van der Waals surface area contributed by atoms with Crippen LogP contribution < -0.4 is 10.5 Å². The molecule has 6 nitrogen and oxygen atoms in total. The lowest BCUT2D eigenvalue weighted by Crippen LogP contribution is -2.56. The summed E-state index contributed by atoms with van der Waals surface area (Å²) in [5.41, 5.74) is 5.67. The first-order chi connectivity index (χ1) is 8.50. The van der Waals surface area contributed by atoms with Crippen molar-refractivity contribution in [3.05, 3.63) is 0 Å². The van der Waals surface area contributed by atoms with Crippen molar-refractivity contribution >= 4 is 15.9 Å². The summed E-state index contributed by atoms with van der Waals surface area (Å²) in [6.07, 6.45) is 2.67. The van der Waals surface area contributed by atoms with Crippen LogP contribution in [0.15, 0.2) is 0 Å². The molecule has 2 atom stereocenters. The summed E-state index contributed by atoms with van der Waals surface area (Å²) >= 11 is 0. The Kier molecular flexibility index (Phi) is 4.97. The quantitative estimate of drug-likeness (QED) is 0.759. The van der Waals surface area contributed by atoms with Crippen molar-refractivity contribution in [1.82, 2.24) is 9.62 Å². The molecule has 0 saturated carbocycles. The first-order valence-corrected chi connectivity index (χ1v) is 8.41. The molecule has 2 unspecified atom stereocenters. The molecular weight excluding hydrogens is 266 g/mol. The van der Waals surface area contributed by atoms with Crippen molar-refractivity contribution in [1.29, 1.82) is 0 Å². The van der Waals surface area contributed by atoms with Crippen LogP contribution in [-0.4, -0.2) is 50.7 Å². The number of carbonyl (C=O) groups excluding carboxylic acids is 1. The van der Waals surface area contributed by atoms with E-state index in [4.69, 9.17) is 5.73 Å². The SMILES string of the molecule is CC(C)(C)C(N)C(=O)N1CCCC(NS(C)(=O)=O)C1. The third-order valence-electron chi connectivity index (χ3n) is 3.31. The monoisotopic (exact) mass is 291 g/mol. The minimum absolute atomic E-state index is 0.104. The third kappa shape index (κ3) is 5.08. The van der Waals surface area contributed by atoms with Gasteiger partial charge in [0.2, 0.25) is 15.9 Å². The van der Waals surface area contributed by atoms with Crippen molar-refractivity contribution in [2.24, 2.45) is 11.1 Å². The highest BCUT2D eigenvalue weighted by Gasteiger charge is 2.33. The fraction of sp³-hybridized carbons (Fsp3) is 0.917. The smallest absolute Gasteiger partial charge is 0.240 e. The summed E-state index contributed by atoms with van der Waals surface area (Å²) in [5.74, 6) is -0.104. The number of amides is 1.